The molecule has 246 valence electrons. The summed E-state index contributed by atoms with van der Waals surface area (Å²) in [5.41, 5.74) is 3.01. The topological polar surface area (TPSA) is 120 Å². The van der Waals surface area contributed by atoms with E-state index in [1.807, 2.05) is 63.2 Å². The lowest BCUT2D eigenvalue weighted by molar-refractivity contribution is -0.173. The summed E-state index contributed by atoms with van der Waals surface area (Å²) in [5.74, 6) is -1.36. The molecular weight excluding hydrogens is 584 g/mol. The molecule has 9 heteroatoms. The van der Waals surface area contributed by atoms with Gasteiger partial charge in [-0.05, 0) is 72.4 Å². The number of benzene rings is 2. The van der Waals surface area contributed by atoms with Gasteiger partial charge in [0.05, 0.1) is 13.0 Å². The van der Waals surface area contributed by atoms with Crippen molar-refractivity contribution in [3.63, 3.8) is 0 Å². The summed E-state index contributed by atoms with van der Waals surface area (Å²) in [5, 5.41) is 5.56. The van der Waals surface area contributed by atoms with Gasteiger partial charge in [0.2, 0.25) is 11.8 Å². The van der Waals surface area contributed by atoms with E-state index in [1.165, 1.54) is 11.6 Å². The zero-order valence-electron chi connectivity index (χ0n) is 27.4. The molecule has 9 nitrogen and oxygen atoms in total. The third kappa shape index (κ3) is 10.1. The quantitative estimate of drug-likeness (QED) is 0.312. The van der Waals surface area contributed by atoms with Gasteiger partial charge in [0, 0.05) is 19.4 Å². The van der Waals surface area contributed by atoms with Gasteiger partial charge in [-0.3, -0.25) is 14.4 Å². The monoisotopic (exact) mass is 630 g/mol. The molecule has 0 radical (unpaired) electrons. The van der Waals surface area contributed by atoms with Crippen molar-refractivity contribution in [2.75, 3.05) is 13.7 Å². The smallest absolute Gasteiger partial charge is 0.348 e. The van der Waals surface area contributed by atoms with Crippen LogP contribution in [0.2, 0.25) is 0 Å². The highest BCUT2D eigenvalue weighted by atomic mass is 16.6. The van der Waals surface area contributed by atoms with Gasteiger partial charge in [-0.1, -0.05) is 75.4 Å². The summed E-state index contributed by atoms with van der Waals surface area (Å²) in [4.78, 5) is 52.7. The van der Waals surface area contributed by atoms with Crippen molar-refractivity contribution in [2.24, 2.45) is 17.8 Å². The van der Waals surface area contributed by atoms with Gasteiger partial charge in [-0.15, -0.1) is 0 Å². The number of esters is 2. The Balaban J connectivity index is 1.55. The number of nitrogens with one attached hydrogen (secondary N) is 2. The lowest BCUT2D eigenvalue weighted by Crippen LogP contribution is -2.49. The van der Waals surface area contributed by atoms with Crippen molar-refractivity contribution in [2.45, 2.75) is 77.5 Å². The highest BCUT2D eigenvalue weighted by Gasteiger charge is 2.36. The first-order valence-electron chi connectivity index (χ1n) is 16.1. The summed E-state index contributed by atoms with van der Waals surface area (Å²) >= 11 is 0. The molecule has 1 saturated carbocycles. The highest BCUT2D eigenvalue weighted by molar-refractivity contribution is 5.93. The van der Waals surface area contributed by atoms with Crippen LogP contribution in [-0.2, 0) is 35.1 Å². The normalized spacial score (nSPS) is 27.0. The Morgan fingerprint density at radius 3 is 2.46 bits per heavy atom. The van der Waals surface area contributed by atoms with Gasteiger partial charge in [0.15, 0.2) is 6.10 Å². The Morgan fingerprint density at radius 2 is 1.76 bits per heavy atom. The second-order valence-electron chi connectivity index (χ2n) is 12.7. The standard InChI is InChI=1S/C37H46N2O7/c1-23(2)18-33-37(43)45-29(16-15-28-21-30(28)27-10-7-6-8-11-27)12-9-13-34(40)39-31(35(41)38-22-25(4)36(42)46-33)20-26-14-17-32(44-5)24(3)19-26/h6-11,13-17,19,23,25,28-31,33H,12,18,20-22H2,1-5H3,(H,38,41)(H,39,40)/b13-9+,16-15+/t25-,28?,29+,30+,31-,33+/m1/s1. The molecule has 0 aromatic heterocycles. The minimum atomic E-state index is -1.09. The molecule has 1 aliphatic heterocycles. The molecule has 1 aliphatic carbocycles. The summed E-state index contributed by atoms with van der Waals surface area (Å²) in [6, 6.07) is 15.0. The average Bonchev–Trinajstić information content (AvgIpc) is 3.81. The third-order valence-electron chi connectivity index (χ3n) is 8.27. The Hall–Kier alpha value is -4.40. The first kappa shape index (κ1) is 34.5. The van der Waals surface area contributed by atoms with Crippen molar-refractivity contribution >= 4 is 23.8 Å². The van der Waals surface area contributed by atoms with Crippen molar-refractivity contribution in [1.82, 2.24) is 10.6 Å². The average molecular weight is 631 g/mol. The Kier molecular flexibility index (Phi) is 12.2. The molecule has 2 aliphatic rings. The SMILES string of the molecule is COc1ccc(C[C@H]2NC(=O)/C=C/C[C@@H](/C=C/C3C[C@H]3c3ccccc3)OC(=O)[C@H](CC(C)C)OC(=O)[C@H](C)CNC2=O)cc1C. The lowest BCUT2D eigenvalue weighted by atomic mass is 10.0. The van der Waals surface area contributed by atoms with Crippen LogP contribution in [0, 0.1) is 24.7 Å². The molecule has 6 atom stereocenters. The summed E-state index contributed by atoms with van der Waals surface area (Å²) in [6.45, 7) is 7.37. The first-order valence-corrected chi connectivity index (χ1v) is 16.1. The van der Waals surface area contributed by atoms with Gasteiger partial charge >= 0.3 is 11.9 Å². The summed E-state index contributed by atoms with van der Waals surface area (Å²) in [6.07, 6.45) is 6.90. The molecule has 1 unspecified atom stereocenters. The van der Waals surface area contributed by atoms with Crippen LogP contribution in [0.3, 0.4) is 0 Å². The molecule has 1 fully saturated rings. The molecule has 2 N–H and O–H groups in total. The number of aryl methyl sites for hydroxylation is 1. The van der Waals surface area contributed by atoms with E-state index in [1.54, 1.807) is 20.1 Å². The predicted octanol–water partition coefficient (Wildman–Crippen LogP) is 4.97. The second kappa shape index (κ2) is 16.2. The number of hydrogen-bond acceptors (Lipinski definition) is 7. The van der Waals surface area contributed by atoms with Crippen LogP contribution in [0.25, 0.3) is 0 Å². The molecule has 2 amide bonds. The maximum Gasteiger partial charge on any atom is 0.348 e. The summed E-state index contributed by atoms with van der Waals surface area (Å²) < 4.78 is 16.9. The van der Waals surface area contributed by atoms with Crippen LogP contribution in [0.5, 0.6) is 5.75 Å². The molecule has 0 spiro atoms. The van der Waals surface area contributed by atoms with Crippen molar-refractivity contribution < 1.29 is 33.4 Å². The van der Waals surface area contributed by atoms with Crippen LogP contribution < -0.4 is 15.4 Å². The van der Waals surface area contributed by atoms with E-state index < -0.39 is 47.9 Å². The predicted molar refractivity (Wildman–Crippen MR) is 175 cm³/mol. The van der Waals surface area contributed by atoms with Crippen LogP contribution >= 0.6 is 0 Å². The fourth-order valence-electron chi connectivity index (χ4n) is 5.55. The van der Waals surface area contributed by atoms with E-state index in [2.05, 4.69) is 28.8 Å². The molecule has 4 rings (SSSR count). The molecule has 0 bridgehead atoms. The lowest BCUT2D eigenvalue weighted by Gasteiger charge is -2.24. The fraction of sp³-hybridized carbons (Fsp3) is 0.459. The fourth-order valence-corrected chi connectivity index (χ4v) is 5.55. The van der Waals surface area contributed by atoms with Gasteiger partial charge in [-0.2, -0.15) is 0 Å². The van der Waals surface area contributed by atoms with E-state index in [-0.39, 0.29) is 25.3 Å². The Bertz CT molecular complexity index is 1430. The van der Waals surface area contributed by atoms with Gasteiger partial charge < -0.3 is 24.8 Å². The van der Waals surface area contributed by atoms with Crippen LogP contribution in [0.15, 0.2) is 72.8 Å². The number of carbonyl (C=O) groups is 4. The van der Waals surface area contributed by atoms with E-state index >= 15 is 0 Å². The number of cyclic esters (lactones) is 2. The van der Waals surface area contributed by atoms with Crippen molar-refractivity contribution in [3.8, 4) is 5.75 Å². The Morgan fingerprint density at radius 1 is 1.00 bits per heavy atom. The van der Waals surface area contributed by atoms with E-state index in [0.29, 0.717) is 18.3 Å². The van der Waals surface area contributed by atoms with Gasteiger partial charge in [0.25, 0.3) is 0 Å². The molecule has 2 aromatic carbocycles. The van der Waals surface area contributed by atoms with E-state index in [4.69, 9.17) is 14.2 Å². The van der Waals surface area contributed by atoms with E-state index in [9.17, 15) is 19.2 Å². The van der Waals surface area contributed by atoms with Crippen LogP contribution in [0.4, 0.5) is 0 Å². The molecule has 2 aromatic rings. The number of allylic oxidation sites excluding steroid dienone is 1. The molecular formula is C37H46N2O7. The van der Waals surface area contributed by atoms with Crippen molar-refractivity contribution in [1.29, 1.82) is 0 Å². The zero-order valence-corrected chi connectivity index (χ0v) is 27.4. The minimum absolute atomic E-state index is 0.0275. The maximum atomic E-state index is 13.3. The van der Waals surface area contributed by atoms with Crippen LogP contribution in [-0.4, -0.2) is 55.7 Å². The molecule has 0 saturated heterocycles. The second-order valence-corrected chi connectivity index (χ2v) is 12.7. The maximum absolute atomic E-state index is 13.3. The number of rotatable bonds is 8. The third-order valence-corrected chi connectivity index (χ3v) is 8.27. The van der Waals surface area contributed by atoms with Gasteiger partial charge in [-0.25, -0.2) is 4.79 Å². The number of hydrogen-bond donors (Lipinski definition) is 2. The first-order chi connectivity index (χ1) is 22.0. The number of amides is 2. The summed E-state index contributed by atoms with van der Waals surface area (Å²) in [7, 11) is 1.59. The molecule has 46 heavy (non-hydrogen) atoms. The number of methoxy groups -OCH3 is 1. The van der Waals surface area contributed by atoms with Crippen LogP contribution in [0.1, 0.15) is 62.6 Å². The minimum Gasteiger partial charge on any atom is -0.496 e. The largest absolute Gasteiger partial charge is 0.496 e. The Labute approximate surface area is 271 Å². The highest BCUT2D eigenvalue weighted by Crippen LogP contribution is 2.48. The zero-order chi connectivity index (χ0) is 33.2. The number of carbonyl (C=O) groups excluding carboxylic acids is 4. The van der Waals surface area contributed by atoms with Crippen molar-refractivity contribution in [3.05, 3.63) is 89.5 Å². The molecule has 1 heterocycles. The van der Waals surface area contributed by atoms with Gasteiger partial charge in [0.1, 0.15) is 17.9 Å². The number of ether oxygens (including phenoxy) is 3. The van der Waals surface area contributed by atoms with E-state index in [0.717, 1.165) is 23.3 Å².